The molecule has 0 spiro atoms. The van der Waals surface area contributed by atoms with Gasteiger partial charge >= 0.3 is 0 Å². The van der Waals surface area contributed by atoms with Gasteiger partial charge in [0.1, 0.15) is 0 Å². The number of benzene rings is 1. The van der Waals surface area contributed by atoms with Crippen molar-refractivity contribution in [3.05, 3.63) is 46.5 Å². The van der Waals surface area contributed by atoms with Crippen molar-refractivity contribution in [1.82, 2.24) is 10.3 Å². The van der Waals surface area contributed by atoms with E-state index in [1.165, 1.54) is 16.9 Å². The number of nitrogens with zero attached hydrogens (tertiary/aromatic N) is 1. The highest BCUT2D eigenvalue weighted by Gasteiger charge is 2.14. The largest absolute Gasteiger partial charge is 0.375 e. The van der Waals surface area contributed by atoms with Crippen LogP contribution in [0, 0.1) is 0 Å². The molecule has 0 aliphatic heterocycles. The molecule has 1 amide bonds. The van der Waals surface area contributed by atoms with Crippen LogP contribution in [0.3, 0.4) is 0 Å². The third-order valence-corrected chi connectivity index (χ3v) is 3.74. The van der Waals surface area contributed by atoms with Gasteiger partial charge < -0.3 is 11.1 Å². The normalized spacial score (nSPS) is 11.3. The fourth-order valence-corrected chi connectivity index (χ4v) is 2.36. The Hall–Kier alpha value is -1.88. The Morgan fingerprint density at radius 2 is 1.95 bits per heavy atom. The maximum absolute atomic E-state index is 12.0. The summed E-state index contributed by atoms with van der Waals surface area (Å²) in [5, 5.41) is 5.20. The van der Waals surface area contributed by atoms with Gasteiger partial charge in [-0.05, 0) is 23.1 Å². The van der Waals surface area contributed by atoms with Crippen LogP contribution >= 0.6 is 11.3 Å². The highest BCUT2D eigenvalue weighted by molar-refractivity contribution is 7.13. The lowest BCUT2D eigenvalue weighted by molar-refractivity contribution is 0.0950. The van der Waals surface area contributed by atoms with Crippen molar-refractivity contribution in [1.29, 1.82) is 0 Å². The van der Waals surface area contributed by atoms with E-state index in [1.54, 1.807) is 0 Å². The first kappa shape index (κ1) is 14.5. The summed E-state index contributed by atoms with van der Waals surface area (Å²) in [4.78, 5) is 16.1. The highest BCUT2D eigenvalue weighted by atomic mass is 32.1. The molecule has 1 aromatic carbocycles. The summed E-state index contributed by atoms with van der Waals surface area (Å²) in [6.07, 6.45) is 0. The van der Waals surface area contributed by atoms with Gasteiger partial charge in [0, 0.05) is 10.9 Å². The van der Waals surface area contributed by atoms with Crippen LogP contribution in [-0.4, -0.2) is 10.9 Å². The monoisotopic (exact) mass is 289 g/mol. The van der Waals surface area contributed by atoms with Crippen LogP contribution in [-0.2, 0) is 12.0 Å². The number of nitrogen functional groups attached to an aromatic ring is 1. The van der Waals surface area contributed by atoms with Gasteiger partial charge in [-0.25, -0.2) is 4.98 Å². The van der Waals surface area contributed by atoms with Crippen molar-refractivity contribution in [2.75, 3.05) is 5.73 Å². The number of nitrogens with two attached hydrogens (primary N) is 1. The fourth-order valence-electron chi connectivity index (χ4n) is 1.80. The lowest BCUT2D eigenvalue weighted by atomic mass is 9.87. The SMILES string of the molecule is CC(C)(C)c1ccc(C(=O)NCc2csc(N)n2)cc1. The quantitative estimate of drug-likeness (QED) is 0.912. The molecular formula is C15H19N3OS. The number of rotatable bonds is 3. The average Bonchev–Trinajstić information content (AvgIpc) is 2.81. The number of hydrogen-bond acceptors (Lipinski definition) is 4. The van der Waals surface area contributed by atoms with Crippen molar-refractivity contribution in [2.24, 2.45) is 0 Å². The van der Waals surface area contributed by atoms with E-state index in [4.69, 9.17) is 5.73 Å². The first-order chi connectivity index (χ1) is 9.36. The number of amides is 1. The van der Waals surface area contributed by atoms with E-state index in [9.17, 15) is 4.79 Å². The summed E-state index contributed by atoms with van der Waals surface area (Å²) < 4.78 is 0. The van der Waals surface area contributed by atoms with E-state index < -0.39 is 0 Å². The number of anilines is 1. The second-order valence-electron chi connectivity index (χ2n) is 5.69. The van der Waals surface area contributed by atoms with Crippen LogP contribution in [0.15, 0.2) is 29.6 Å². The van der Waals surface area contributed by atoms with Gasteiger partial charge in [0.05, 0.1) is 12.2 Å². The second kappa shape index (κ2) is 5.63. The third-order valence-electron chi connectivity index (χ3n) is 3.01. The molecule has 106 valence electrons. The maximum Gasteiger partial charge on any atom is 0.251 e. The van der Waals surface area contributed by atoms with E-state index in [2.05, 4.69) is 31.1 Å². The van der Waals surface area contributed by atoms with Gasteiger partial charge in [0.25, 0.3) is 5.91 Å². The molecule has 4 nitrogen and oxygen atoms in total. The average molecular weight is 289 g/mol. The fraction of sp³-hybridized carbons (Fsp3) is 0.333. The Labute approximate surface area is 123 Å². The minimum atomic E-state index is -0.1000. The summed E-state index contributed by atoms with van der Waals surface area (Å²) in [6.45, 7) is 6.84. The van der Waals surface area contributed by atoms with Gasteiger partial charge in [0.2, 0.25) is 0 Å². The molecule has 2 aromatic rings. The zero-order chi connectivity index (χ0) is 14.8. The predicted octanol–water partition coefficient (Wildman–Crippen LogP) is 2.95. The van der Waals surface area contributed by atoms with Gasteiger partial charge in [-0.3, -0.25) is 4.79 Å². The standard InChI is InChI=1S/C15H19N3OS/c1-15(2,3)11-6-4-10(5-7-11)13(19)17-8-12-9-20-14(16)18-12/h4-7,9H,8H2,1-3H3,(H2,16,18)(H,17,19). The topological polar surface area (TPSA) is 68.0 Å². The third kappa shape index (κ3) is 3.57. The smallest absolute Gasteiger partial charge is 0.251 e. The molecule has 0 atom stereocenters. The van der Waals surface area contributed by atoms with Crippen LogP contribution in [0.4, 0.5) is 5.13 Å². The molecule has 1 heterocycles. The number of nitrogens with one attached hydrogen (secondary N) is 1. The van der Waals surface area contributed by atoms with E-state index in [0.717, 1.165) is 5.69 Å². The first-order valence-electron chi connectivity index (χ1n) is 6.45. The van der Waals surface area contributed by atoms with Crippen molar-refractivity contribution < 1.29 is 4.79 Å². The molecular weight excluding hydrogens is 270 g/mol. The predicted molar refractivity (Wildman–Crippen MR) is 82.8 cm³/mol. The van der Waals surface area contributed by atoms with Crippen LogP contribution in [0.1, 0.15) is 42.4 Å². The zero-order valence-corrected chi connectivity index (χ0v) is 12.8. The second-order valence-corrected chi connectivity index (χ2v) is 6.58. The molecule has 0 aliphatic carbocycles. The molecule has 0 saturated heterocycles. The Morgan fingerprint density at radius 1 is 1.30 bits per heavy atom. The van der Waals surface area contributed by atoms with Gasteiger partial charge in [-0.15, -0.1) is 11.3 Å². The Morgan fingerprint density at radius 3 is 2.45 bits per heavy atom. The van der Waals surface area contributed by atoms with E-state index in [0.29, 0.717) is 17.2 Å². The van der Waals surface area contributed by atoms with Crippen molar-refractivity contribution in [3.63, 3.8) is 0 Å². The zero-order valence-electron chi connectivity index (χ0n) is 11.9. The lowest BCUT2D eigenvalue weighted by Gasteiger charge is -2.19. The minimum absolute atomic E-state index is 0.0904. The van der Waals surface area contributed by atoms with Gasteiger partial charge in [-0.1, -0.05) is 32.9 Å². The Balaban J connectivity index is 1.99. The molecule has 20 heavy (non-hydrogen) atoms. The summed E-state index contributed by atoms with van der Waals surface area (Å²) in [5.41, 5.74) is 8.29. The molecule has 2 rings (SSSR count). The summed E-state index contributed by atoms with van der Waals surface area (Å²) in [7, 11) is 0. The molecule has 3 N–H and O–H groups in total. The molecule has 0 saturated carbocycles. The molecule has 0 unspecified atom stereocenters. The molecule has 1 aromatic heterocycles. The number of hydrogen-bond donors (Lipinski definition) is 2. The van der Waals surface area contributed by atoms with Crippen molar-refractivity contribution >= 4 is 22.4 Å². The summed E-state index contributed by atoms with van der Waals surface area (Å²) in [6, 6.07) is 7.70. The van der Waals surface area contributed by atoms with Crippen molar-refractivity contribution in [2.45, 2.75) is 32.7 Å². The van der Waals surface area contributed by atoms with Gasteiger partial charge in [0.15, 0.2) is 5.13 Å². The van der Waals surface area contributed by atoms with Crippen LogP contribution in [0.2, 0.25) is 0 Å². The molecule has 5 heteroatoms. The molecule has 0 bridgehead atoms. The lowest BCUT2D eigenvalue weighted by Crippen LogP contribution is -2.23. The van der Waals surface area contributed by atoms with Crippen LogP contribution in [0.25, 0.3) is 0 Å². The number of aromatic nitrogens is 1. The summed E-state index contributed by atoms with van der Waals surface area (Å²) in [5.74, 6) is -0.1000. The first-order valence-corrected chi connectivity index (χ1v) is 7.33. The number of carbonyl (C=O) groups excluding carboxylic acids is 1. The molecule has 0 radical (unpaired) electrons. The minimum Gasteiger partial charge on any atom is -0.375 e. The molecule has 0 aliphatic rings. The van der Waals surface area contributed by atoms with Gasteiger partial charge in [-0.2, -0.15) is 0 Å². The van der Waals surface area contributed by atoms with E-state index >= 15 is 0 Å². The summed E-state index contributed by atoms with van der Waals surface area (Å²) >= 11 is 1.37. The number of thiazole rings is 1. The molecule has 0 fully saturated rings. The Kier molecular flexibility index (Phi) is 4.09. The highest BCUT2D eigenvalue weighted by Crippen LogP contribution is 2.22. The van der Waals surface area contributed by atoms with Crippen LogP contribution < -0.4 is 11.1 Å². The maximum atomic E-state index is 12.0. The van der Waals surface area contributed by atoms with E-state index in [1.807, 2.05) is 29.6 Å². The van der Waals surface area contributed by atoms with Crippen molar-refractivity contribution in [3.8, 4) is 0 Å². The Bertz CT molecular complexity index is 596. The van der Waals surface area contributed by atoms with Crippen LogP contribution in [0.5, 0.6) is 0 Å². The van der Waals surface area contributed by atoms with E-state index in [-0.39, 0.29) is 11.3 Å². The number of carbonyl (C=O) groups is 1.